The fraction of sp³-hybridized carbons (Fsp3) is 0.471. The van der Waals surface area contributed by atoms with E-state index >= 15 is 0 Å². The molecule has 1 aromatic carbocycles. The van der Waals surface area contributed by atoms with Gasteiger partial charge in [0.15, 0.2) is 0 Å². The lowest BCUT2D eigenvalue weighted by atomic mass is 10.2. The number of nitrogens with one attached hydrogen (secondary N) is 1. The van der Waals surface area contributed by atoms with Crippen LogP contribution >= 0.6 is 12.4 Å². The van der Waals surface area contributed by atoms with E-state index in [0.717, 1.165) is 29.6 Å². The SMILES string of the molecule is COC(=O)c1cc2c(OC[C@@H]3CCCN3)ccc(OC)c2n1C.Cl. The number of carbonyl (C=O) groups is 1. The lowest BCUT2D eigenvalue weighted by Crippen LogP contribution is -2.28. The first kappa shape index (κ1) is 18.4. The molecule has 0 radical (unpaired) electrons. The molecule has 7 heteroatoms. The van der Waals surface area contributed by atoms with Gasteiger partial charge < -0.3 is 24.1 Å². The molecule has 1 saturated heterocycles. The second kappa shape index (κ2) is 7.77. The minimum Gasteiger partial charge on any atom is -0.495 e. The highest BCUT2D eigenvalue weighted by Gasteiger charge is 2.20. The van der Waals surface area contributed by atoms with E-state index in [9.17, 15) is 4.79 Å². The second-order valence-electron chi connectivity index (χ2n) is 5.71. The molecule has 0 aliphatic carbocycles. The molecule has 2 heterocycles. The molecule has 3 rings (SSSR count). The van der Waals surface area contributed by atoms with Gasteiger partial charge in [-0.25, -0.2) is 4.79 Å². The van der Waals surface area contributed by atoms with Crippen LogP contribution in [-0.2, 0) is 11.8 Å². The molecule has 0 unspecified atom stereocenters. The smallest absolute Gasteiger partial charge is 0.354 e. The van der Waals surface area contributed by atoms with E-state index in [0.29, 0.717) is 24.1 Å². The Hall–Kier alpha value is -1.92. The van der Waals surface area contributed by atoms with Crippen molar-refractivity contribution in [3.63, 3.8) is 0 Å². The first-order valence-corrected chi connectivity index (χ1v) is 7.76. The molecule has 132 valence electrons. The van der Waals surface area contributed by atoms with Gasteiger partial charge in [0.2, 0.25) is 0 Å². The first-order valence-electron chi connectivity index (χ1n) is 7.76. The third kappa shape index (κ3) is 3.30. The minimum absolute atomic E-state index is 0. The Kier molecular flexibility index (Phi) is 5.96. The highest BCUT2D eigenvalue weighted by atomic mass is 35.5. The number of carbonyl (C=O) groups excluding carboxylic acids is 1. The zero-order valence-electron chi connectivity index (χ0n) is 14.1. The summed E-state index contributed by atoms with van der Waals surface area (Å²) in [6.07, 6.45) is 2.31. The predicted molar refractivity (Wildman–Crippen MR) is 94.6 cm³/mol. The fourth-order valence-corrected chi connectivity index (χ4v) is 3.09. The number of ether oxygens (including phenoxy) is 3. The number of halogens is 1. The Morgan fingerprint density at radius 2 is 2.08 bits per heavy atom. The average Bonchev–Trinajstić information content (AvgIpc) is 3.20. The molecule has 1 fully saturated rings. The van der Waals surface area contributed by atoms with Gasteiger partial charge in [-0.05, 0) is 37.6 Å². The quantitative estimate of drug-likeness (QED) is 0.836. The number of hydrogen-bond acceptors (Lipinski definition) is 5. The number of aromatic nitrogens is 1. The van der Waals surface area contributed by atoms with E-state index in [-0.39, 0.29) is 18.4 Å². The number of methoxy groups -OCH3 is 2. The molecular formula is C17H23ClN2O4. The predicted octanol–water partition coefficient (Wildman–Crippen LogP) is 2.53. The summed E-state index contributed by atoms with van der Waals surface area (Å²) >= 11 is 0. The van der Waals surface area contributed by atoms with Gasteiger partial charge in [-0.2, -0.15) is 0 Å². The van der Waals surface area contributed by atoms with Crippen LogP contribution in [0.15, 0.2) is 18.2 Å². The molecule has 24 heavy (non-hydrogen) atoms. The van der Waals surface area contributed by atoms with Gasteiger partial charge >= 0.3 is 5.97 Å². The normalized spacial score (nSPS) is 16.7. The van der Waals surface area contributed by atoms with Crippen molar-refractivity contribution in [3.05, 3.63) is 23.9 Å². The molecule has 1 aromatic heterocycles. The Bertz CT molecular complexity index is 723. The zero-order chi connectivity index (χ0) is 16.4. The molecule has 0 spiro atoms. The van der Waals surface area contributed by atoms with Crippen molar-refractivity contribution in [1.29, 1.82) is 0 Å². The minimum atomic E-state index is -0.380. The molecule has 1 aliphatic rings. The molecule has 1 aliphatic heterocycles. The Morgan fingerprint density at radius 1 is 1.33 bits per heavy atom. The molecule has 2 aromatic rings. The summed E-state index contributed by atoms with van der Waals surface area (Å²) in [6, 6.07) is 5.93. The van der Waals surface area contributed by atoms with E-state index in [4.69, 9.17) is 14.2 Å². The Labute approximate surface area is 147 Å². The molecular weight excluding hydrogens is 332 g/mol. The summed E-state index contributed by atoms with van der Waals surface area (Å²) in [5.74, 6) is 1.07. The summed E-state index contributed by atoms with van der Waals surface area (Å²) in [7, 11) is 4.81. The van der Waals surface area contributed by atoms with Crippen molar-refractivity contribution in [2.75, 3.05) is 27.4 Å². The molecule has 0 saturated carbocycles. The fourth-order valence-electron chi connectivity index (χ4n) is 3.09. The number of nitrogens with zero attached hydrogens (tertiary/aromatic N) is 1. The van der Waals surface area contributed by atoms with Gasteiger partial charge in [0.25, 0.3) is 0 Å². The van der Waals surface area contributed by atoms with E-state index in [1.165, 1.54) is 13.5 Å². The van der Waals surface area contributed by atoms with E-state index in [1.54, 1.807) is 17.7 Å². The van der Waals surface area contributed by atoms with Crippen LogP contribution in [0.25, 0.3) is 10.9 Å². The van der Waals surface area contributed by atoms with E-state index in [2.05, 4.69) is 5.32 Å². The number of rotatable bonds is 5. The highest BCUT2D eigenvalue weighted by Crippen LogP contribution is 2.35. The van der Waals surface area contributed by atoms with Crippen molar-refractivity contribution in [2.45, 2.75) is 18.9 Å². The molecule has 6 nitrogen and oxygen atoms in total. The lowest BCUT2D eigenvalue weighted by Gasteiger charge is -2.14. The summed E-state index contributed by atoms with van der Waals surface area (Å²) in [6.45, 7) is 1.66. The van der Waals surface area contributed by atoms with Gasteiger partial charge in [-0.1, -0.05) is 0 Å². The van der Waals surface area contributed by atoms with Crippen molar-refractivity contribution in [3.8, 4) is 11.5 Å². The van der Waals surface area contributed by atoms with Crippen LogP contribution in [0.3, 0.4) is 0 Å². The first-order chi connectivity index (χ1) is 11.2. The van der Waals surface area contributed by atoms with Crippen LogP contribution in [0, 0.1) is 0 Å². The summed E-state index contributed by atoms with van der Waals surface area (Å²) in [5, 5.41) is 4.26. The number of hydrogen-bond donors (Lipinski definition) is 1. The van der Waals surface area contributed by atoms with Crippen LogP contribution in [0.1, 0.15) is 23.3 Å². The Morgan fingerprint density at radius 3 is 2.71 bits per heavy atom. The number of fused-ring (bicyclic) bond motifs is 1. The number of aryl methyl sites for hydroxylation is 1. The second-order valence-corrected chi connectivity index (χ2v) is 5.71. The van der Waals surface area contributed by atoms with Gasteiger partial charge in [-0.15, -0.1) is 12.4 Å². The van der Waals surface area contributed by atoms with Gasteiger partial charge in [-0.3, -0.25) is 0 Å². The van der Waals surface area contributed by atoms with Crippen LogP contribution in [0.5, 0.6) is 11.5 Å². The van der Waals surface area contributed by atoms with Crippen LogP contribution in [-0.4, -0.2) is 43.9 Å². The average molecular weight is 355 g/mol. The topological polar surface area (TPSA) is 61.7 Å². The van der Waals surface area contributed by atoms with Crippen LogP contribution in [0.4, 0.5) is 0 Å². The maximum Gasteiger partial charge on any atom is 0.354 e. The number of esters is 1. The van der Waals surface area contributed by atoms with Crippen molar-refractivity contribution >= 4 is 29.3 Å². The van der Waals surface area contributed by atoms with Gasteiger partial charge in [0.05, 0.1) is 19.7 Å². The van der Waals surface area contributed by atoms with Crippen LogP contribution in [0.2, 0.25) is 0 Å². The van der Waals surface area contributed by atoms with Gasteiger partial charge in [0, 0.05) is 18.5 Å². The largest absolute Gasteiger partial charge is 0.495 e. The van der Waals surface area contributed by atoms with Crippen molar-refractivity contribution < 1.29 is 19.0 Å². The maximum absolute atomic E-state index is 11.9. The van der Waals surface area contributed by atoms with Crippen molar-refractivity contribution in [2.24, 2.45) is 7.05 Å². The molecule has 0 bridgehead atoms. The summed E-state index contributed by atoms with van der Waals surface area (Å²) in [5.41, 5.74) is 1.29. The monoisotopic (exact) mass is 354 g/mol. The third-order valence-electron chi connectivity index (χ3n) is 4.33. The summed E-state index contributed by atoms with van der Waals surface area (Å²) < 4.78 is 18.1. The molecule has 1 N–H and O–H groups in total. The van der Waals surface area contributed by atoms with Crippen molar-refractivity contribution in [1.82, 2.24) is 9.88 Å². The van der Waals surface area contributed by atoms with E-state index < -0.39 is 0 Å². The van der Waals surface area contributed by atoms with E-state index in [1.807, 2.05) is 19.2 Å². The summed E-state index contributed by atoms with van der Waals surface area (Å²) in [4.78, 5) is 11.9. The standard InChI is InChI=1S/C17H22N2O4.ClH/c1-19-13(17(20)22-3)9-12-14(6-7-15(21-2)16(12)19)23-10-11-5-4-8-18-11;/h6-7,9,11,18H,4-5,8,10H2,1-3H3;1H/t11-;/m0./s1. The molecule has 1 atom stereocenters. The van der Waals surface area contributed by atoms with Crippen LogP contribution < -0.4 is 14.8 Å². The van der Waals surface area contributed by atoms with Gasteiger partial charge in [0.1, 0.15) is 23.8 Å². The lowest BCUT2D eigenvalue weighted by molar-refractivity contribution is 0.0590. The maximum atomic E-state index is 11.9. The number of benzene rings is 1. The zero-order valence-corrected chi connectivity index (χ0v) is 14.9. The Balaban J connectivity index is 0.00000208. The third-order valence-corrected chi connectivity index (χ3v) is 4.33. The highest BCUT2D eigenvalue weighted by molar-refractivity contribution is 6.00. The molecule has 0 amide bonds.